The number of benzene rings is 1. The molecule has 0 bridgehead atoms. The summed E-state index contributed by atoms with van der Waals surface area (Å²) < 4.78 is 4.58. The molecule has 0 fully saturated rings. The summed E-state index contributed by atoms with van der Waals surface area (Å²) in [5.41, 5.74) is 0.473. The summed E-state index contributed by atoms with van der Waals surface area (Å²) in [5, 5.41) is 2.97. The summed E-state index contributed by atoms with van der Waals surface area (Å²) >= 11 is 0. The second kappa shape index (κ2) is 8.45. The molecule has 0 spiro atoms. The van der Waals surface area contributed by atoms with E-state index in [1.807, 2.05) is 44.2 Å². The Balaban J connectivity index is 2.29. The number of carbonyl (C=O) groups excluding carboxylic acids is 2. The van der Waals surface area contributed by atoms with Crippen LogP contribution in [0.3, 0.4) is 0 Å². The molecule has 0 saturated carbocycles. The zero-order valence-corrected chi connectivity index (χ0v) is 13.1. The number of ether oxygens (including phenoxy) is 1. The van der Waals surface area contributed by atoms with Crippen molar-refractivity contribution in [2.24, 2.45) is 0 Å². The lowest BCUT2D eigenvalue weighted by molar-refractivity contribution is -0.140. The summed E-state index contributed by atoms with van der Waals surface area (Å²) in [7, 11) is 1.40. The van der Waals surface area contributed by atoms with Crippen molar-refractivity contribution >= 4 is 11.9 Å². The Morgan fingerprint density at radius 1 is 1.10 bits per heavy atom. The van der Waals surface area contributed by atoms with E-state index in [-0.39, 0.29) is 11.9 Å². The average molecular weight is 291 g/mol. The molecule has 1 aromatic carbocycles. The van der Waals surface area contributed by atoms with Crippen molar-refractivity contribution in [1.82, 2.24) is 5.32 Å². The maximum atomic E-state index is 12.3. The molecule has 0 atom stereocenters. The molecule has 1 aromatic rings. The highest BCUT2D eigenvalue weighted by atomic mass is 16.5. The normalized spacial score (nSPS) is 11.0. The number of hydrogen-bond acceptors (Lipinski definition) is 3. The van der Waals surface area contributed by atoms with Crippen molar-refractivity contribution in [3.05, 3.63) is 35.9 Å². The summed E-state index contributed by atoms with van der Waals surface area (Å²) in [6.07, 6.45) is 3.01. The fourth-order valence-corrected chi connectivity index (χ4v) is 2.08. The van der Waals surface area contributed by atoms with E-state index in [9.17, 15) is 9.59 Å². The molecule has 0 heterocycles. The van der Waals surface area contributed by atoms with E-state index in [2.05, 4.69) is 10.1 Å². The lowest BCUT2D eigenvalue weighted by atomic mass is 9.84. The number of nitrogens with one attached hydrogen (secondary N) is 1. The quantitative estimate of drug-likeness (QED) is 0.592. The highest BCUT2D eigenvalue weighted by Crippen LogP contribution is 2.22. The number of unbranched alkanes of at least 4 members (excludes halogenated alkanes) is 2. The minimum Gasteiger partial charge on any atom is -0.469 e. The molecule has 4 heteroatoms. The fraction of sp³-hybridized carbons (Fsp3) is 0.529. The third kappa shape index (κ3) is 5.58. The highest BCUT2D eigenvalue weighted by Gasteiger charge is 2.28. The standard InChI is InChI=1S/C17H25NO3/c1-17(2,14-10-6-4-7-11-14)16(20)18-13-9-5-8-12-15(19)21-3/h4,6-7,10-11H,5,8-9,12-13H2,1-3H3,(H,18,20). The van der Waals surface area contributed by atoms with Gasteiger partial charge in [0.05, 0.1) is 12.5 Å². The Morgan fingerprint density at radius 2 is 1.76 bits per heavy atom. The third-order valence-corrected chi connectivity index (χ3v) is 3.63. The van der Waals surface area contributed by atoms with Gasteiger partial charge in [-0.15, -0.1) is 0 Å². The van der Waals surface area contributed by atoms with Crippen molar-refractivity contribution in [2.45, 2.75) is 44.9 Å². The van der Waals surface area contributed by atoms with Gasteiger partial charge in [0.25, 0.3) is 0 Å². The molecular formula is C17H25NO3. The topological polar surface area (TPSA) is 55.4 Å². The molecule has 0 aliphatic heterocycles. The summed E-state index contributed by atoms with van der Waals surface area (Å²) in [6.45, 7) is 4.49. The van der Waals surface area contributed by atoms with Crippen molar-refractivity contribution in [3.8, 4) is 0 Å². The van der Waals surface area contributed by atoms with Gasteiger partial charge in [-0.2, -0.15) is 0 Å². The van der Waals surface area contributed by atoms with Gasteiger partial charge in [-0.1, -0.05) is 36.8 Å². The van der Waals surface area contributed by atoms with Crippen LogP contribution in [0.25, 0.3) is 0 Å². The van der Waals surface area contributed by atoms with E-state index in [0.717, 1.165) is 24.8 Å². The van der Waals surface area contributed by atoms with Crippen molar-refractivity contribution in [1.29, 1.82) is 0 Å². The van der Waals surface area contributed by atoms with Crippen LogP contribution in [0.15, 0.2) is 30.3 Å². The number of rotatable bonds is 8. The van der Waals surface area contributed by atoms with Crippen molar-refractivity contribution in [3.63, 3.8) is 0 Å². The predicted molar refractivity (Wildman–Crippen MR) is 83.0 cm³/mol. The maximum absolute atomic E-state index is 12.3. The number of esters is 1. The minimum absolute atomic E-state index is 0.0293. The molecule has 0 aromatic heterocycles. The van der Waals surface area contributed by atoms with E-state index < -0.39 is 5.41 Å². The monoisotopic (exact) mass is 291 g/mol. The molecule has 1 amide bonds. The Bertz CT molecular complexity index is 454. The first-order chi connectivity index (χ1) is 9.98. The van der Waals surface area contributed by atoms with Gasteiger partial charge in [0, 0.05) is 13.0 Å². The van der Waals surface area contributed by atoms with Crippen LogP contribution >= 0.6 is 0 Å². The van der Waals surface area contributed by atoms with Gasteiger partial charge in [-0.3, -0.25) is 9.59 Å². The molecule has 21 heavy (non-hydrogen) atoms. The number of hydrogen-bond donors (Lipinski definition) is 1. The first-order valence-corrected chi connectivity index (χ1v) is 7.39. The molecule has 0 aliphatic carbocycles. The summed E-state index contributed by atoms with van der Waals surface area (Å²) in [6, 6.07) is 9.76. The van der Waals surface area contributed by atoms with Crippen LogP contribution in [-0.2, 0) is 19.7 Å². The van der Waals surface area contributed by atoms with E-state index in [1.54, 1.807) is 0 Å². The minimum atomic E-state index is -0.534. The largest absolute Gasteiger partial charge is 0.469 e. The van der Waals surface area contributed by atoms with Gasteiger partial charge in [0.15, 0.2) is 0 Å². The molecular weight excluding hydrogens is 266 g/mol. The lowest BCUT2D eigenvalue weighted by Gasteiger charge is -2.24. The van der Waals surface area contributed by atoms with Gasteiger partial charge >= 0.3 is 5.97 Å². The van der Waals surface area contributed by atoms with E-state index in [0.29, 0.717) is 13.0 Å². The highest BCUT2D eigenvalue weighted by molar-refractivity contribution is 5.87. The van der Waals surface area contributed by atoms with Gasteiger partial charge in [0.1, 0.15) is 0 Å². The zero-order valence-electron chi connectivity index (χ0n) is 13.1. The Hall–Kier alpha value is -1.84. The fourth-order valence-electron chi connectivity index (χ4n) is 2.08. The zero-order chi connectivity index (χ0) is 15.7. The van der Waals surface area contributed by atoms with Crippen LogP contribution in [0.5, 0.6) is 0 Å². The predicted octanol–water partition coefficient (Wildman–Crippen LogP) is 2.81. The Morgan fingerprint density at radius 3 is 2.38 bits per heavy atom. The SMILES string of the molecule is COC(=O)CCCCCNC(=O)C(C)(C)c1ccccc1. The molecule has 1 N–H and O–H groups in total. The molecule has 0 radical (unpaired) electrons. The number of amides is 1. The van der Waals surface area contributed by atoms with Crippen LogP contribution in [0, 0.1) is 0 Å². The van der Waals surface area contributed by atoms with Gasteiger partial charge in [-0.05, 0) is 32.3 Å². The second-order valence-electron chi connectivity index (χ2n) is 5.63. The van der Waals surface area contributed by atoms with E-state index in [1.165, 1.54) is 7.11 Å². The molecule has 1 rings (SSSR count). The first kappa shape index (κ1) is 17.2. The smallest absolute Gasteiger partial charge is 0.305 e. The van der Waals surface area contributed by atoms with Gasteiger partial charge in [0.2, 0.25) is 5.91 Å². The van der Waals surface area contributed by atoms with Crippen molar-refractivity contribution in [2.75, 3.05) is 13.7 Å². The van der Waals surface area contributed by atoms with Gasteiger partial charge in [-0.25, -0.2) is 0 Å². The Labute approximate surface area is 126 Å². The van der Waals surface area contributed by atoms with Crippen LogP contribution in [0.4, 0.5) is 0 Å². The van der Waals surface area contributed by atoms with Crippen LogP contribution in [0.1, 0.15) is 45.1 Å². The van der Waals surface area contributed by atoms with Crippen molar-refractivity contribution < 1.29 is 14.3 Å². The van der Waals surface area contributed by atoms with E-state index >= 15 is 0 Å². The third-order valence-electron chi connectivity index (χ3n) is 3.63. The lowest BCUT2D eigenvalue weighted by Crippen LogP contribution is -2.40. The van der Waals surface area contributed by atoms with Crippen LogP contribution in [0.2, 0.25) is 0 Å². The summed E-state index contributed by atoms with van der Waals surface area (Å²) in [5.74, 6) is -0.147. The maximum Gasteiger partial charge on any atom is 0.305 e. The Kier molecular flexibility index (Phi) is 6.92. The van der Waals surface area contributed by atoms with E-state index in [4.69, 9.17) is 0 Å². The molecule has 0 aliphatic rings. The van der Waals surface area contributed by atoms with Gasteiger partial charge < -0.3 is 10.1 Å². The molecule has 116 valence electrons. The molecule has 0 unspecified atom stereocenters. The first-order valence-electron chi connectivity index (χ1n) is 7.39. The number of carbonyl (C=O) groups is 2. The average Bonchev–Trinajstić information content (AvgIpc) is 2.50. The summed E-state index contributed by atoms with van der Waals surface area (Å²) in [4.78, 5) is 23.2. The second-order valence-corrected chi connectivity index (χ2v) is 5.63. The molecule has 4 nitrogen and oxygen atoms in total. The van der Waals surface area contributed by atoms with Crippen LogP contribution < -0.4 is 5.32 Å². The molecule has 0 saturated heterocycles. The van der Waals surface area contributed by atoms with Crippen LogP contribution in [-0.4, -0.2) is 25.5 Å². The number of methoxy groups -OCH3 is 1.